The van der Waals surface area contributed by atoms with E-state index in [2.05, 4.69) is 10.3 Å². The van der Waals surface area contributed by atoms with Gasteiger partial charge in [-0.1, -0.05) is 16.8 Å². The van der Waals surface area contributed by atoms with Crippen LogP contribution in [0.4, 0.5) is 0 Å². The molecule has 1 aromatic heterocycles. The van der Waals surface area contributed by atoms with E-state index < -0.39 is 0 Å². The lowest BCUT2D eigenvalue weighted by molar-refractivity contribution is 0.174. The molecule has 0 spiro atoms. The number of aryl methyl sites for hydroxylation is 1. The molecule has 2 N–H and O–H groups in total. The Morgan fingerprint density at radius 1 is 1.35 bits per heavy atom. The third kappa shape index (κ3) is 2.71. The monoisotopic (exact) mass is 294 g/mol. The van der Waals surface area contributed by atoms with Crippen LogP contribution in [0.2, 0.25) is 5.02 Å². The van der Waals surface area contributed by atoms with Crippen molar-refractivity contribution in [2.75, 3.05) is 13.3 Å². The van der Waals surface area contributed by atoms with E-state index in [4.69, 9.17) is 26.8 Å². The molecular formula is C13H15ClN4O2. The number of nitrogens with two attached hydrogens (primary N) is 1. The quantitative estimate of drug-likeness (QED) is 0.906. The first kappa shape index (κ1) is 13.2. The van der Waals surface area contributed by atoms with E-state index >= 15 is 0 Å². The molecule has 0 aliphatic carbocycles. The predicted molar refractivity (Wildman–Crippen MR) is 74.1 cm³/mol. The number of hydrogen-bond donors (Lipinski definition) is 1. The largest absolute Gasteiger partial charge is 0.454 e. The molecule has 6 nitrogen and oxygen atoms in total. The number of nitrogens with zero attached hydrogens (tertiary/aromatic N) is 3. The summed E-state index contributed by atoms with van der Waals surface area (Å²) < 4.78 is 12.4. The van der Waals surface area contributed by atoms with E-state index in [0.717, 1.165) is 24.1 Å². The highest BCUT2D eigenvalue weighted by Gasteiger charge is 2.18. The molecule has 0 amide bonds. The second kappa shape index (κ2) is 5.68. The van der Waals surface area contributed by atoms with Crippen molar-refractivity contribution in [1.29, 1.82) is 0 Å². The van der Waals surface area contributed by atoms with Gasteiger partial charge in [0.05, 0.1) is 17.3 Å². The molecule has 1 aliphatic rings. The van der Waals surface area contributed by atoms with Crippen molar-refractivity contribution in [1.82, 2.24) is 15.0 Å². The summed E-state index contributed by atoms with van der Waals surface area (Å²) in [6.07, 6.45) is 3.68. The minimum Gasteiger partial charge on any atom is -0.454 e. The van der Waals surface area contributed by atoms with Gasteiger partial charge in [-0.2, -0.15) is 0 Å². The Morgan fingerprint density at radius 2 is 2.25 bits per heavy atom. The SMILES string of the molecule is NCCCc1cn(Cc2cc(Cl)c3c(c2)OCO3)nn1. The molecular weight excluding hydrogens is 280 g/mol. The van der Waals surface area contributed by atoms with Crippen LogP contribution in [0.1, 0.15) is 17.7 Å². The zero-order valence-electron chi connectivity index (χ0n) is 10.9. The fourth-order valence-corrected chi connectivity index (χ4v) is 2.40. The number of benzene rings is 1. The molecule has 7 heteroatoms. The third-order valence-electron chi connectivity index (χ3n) is 3.05. The highest BCUT2D eigenvalue weighted by atomic mass is 35.5. The van der Waals surface area contributed by atoms with Gasteiger partial charge in [-0.3, -0.25) is 0 Å². The molecule has 3 rings (SSSR count). The van der Waals surface area contributed by atoms with Crippen molar-refractivity contribution < 1.29 is 9.47 Å². The summed E-state index contributed by atoms with van der Waals surface area (Å²) in [7, 11) is 0. The average Bonchev–Trinajstić information content (AvgIpc) is 3.05. The number of rotatable bonds is 5. The third-order valence-corrected chi connectivity index (χ3v) is 3.34. The molecule has 0 saturated heterocycles. The van der Waals surface area contributed by atoms with Crippen LogP contribution >= 0.6 is 11.6 Å². The van der Waals surface area contributed by atoms with Crippen molar-refractivity contribution in [2.24, 2.45) is 5.73 Å². The van der Waals surface area contributed by atoms with E-state index in [1.54, 1.807) is 4.68 Å². The zero-order valence-corrected chi connectivity index (χ0v) is 11.6. The second-order valence-corrected chi connectivity index (χ2v) is 5.02. The molecule has 0 radical (unpaired) electrons. The van der Waals surface area contributed by atoms with Gasteiger partial charge in [0.15, 0.2) is 11.5 Å². The summed E-state index contributed by atoms with van der Waals surface area (Å²) in [6, 6.07) is 3.77. The number of halogens is 1. The molecule has 0 saturated carbocycles. The van der Waals surface area contributed by atoms with E-state index in [9.17, 15) is 0 Å². The number of ether oxygens (including phenoxy) is 2. The van der Waals surface area contributed by atoms with Crippen molar-refractivity contribution in [3.05, 3.63) is 34.6 Å². The Balaban J connectivity index is 1.74. The van der Waals surface area contributed by atoms with Gasteiger partial charge in [0, 0.05) is 6.20 Å². The molecule has 106 valence electrons. The fraction of sp³-hybridized carbons (Fsp3) is 0.385. The summed E-state index contributed by atoms with van der Waals surface area (Å²) in [5.41, 5.74) is 7.42. The number of hydrogen-bond acceptors (Lipinski definition) is 5. The van der Waals surface area contributed by atoms with Gasteiger partial charge in [-0.15, -0.1) is 5.10 Å². The van der Waals surface area contributed by atoms with Crippen LogP contribution in [0.5, 0.6) is 11.5 Å². The molecule has 1 aromatic carbocycles. The van der Waals surface area contributed by atoms with Gasteiger partial charge in [-0.25, -0.2) is 4.68 Å². The van der Waals surface area contributed by atoms with Gasteiger partial charge in [-0.05, 0) is 37.1 Å². The highest BCUT2D eigenvalue weighted by molar-refractivity contribution is 6.32. The topological polar surface area (TPSA) is 75.2 Å². The Morgan fingerprint density at radius 3 is 3.10 bits per heavy atom. The van der Waals surface area contributed by atoms with Gasteiger partial charge >= 0.3 is 0 Å². The minimum absolute atomic E-state index is 0.213. The second-order valence-electron chi connectivity index (χ2n) is 4.61. The van der Waals surface area contributed by atoms with E-state index in [-0.39, 0.29) is 6.79 Å². The Bertz CT molecular complexity index is 614. The molecule has 1 aliphatic heterocycles. The van der Waals surface area contributed by atoms with Crippen molar-refractivity contribution >= 4 is 11.6 Å². The fourth-order valence-electron chi connectivity index (χ4n) is 2.11. The standard InChI is InChI=1S/C13H15ClN4O2/c14-11-4-9(5-12-13(11)20-8-19-12)6-18-7-10(16-17-18)2-1-3-15/h4-5,7H,1-3,6,8,15H2. The average molecular weight is 295 g/mol. The van der Waals surface area contributed by atoms with E-state index in [1.165, 1.54) is 0 Å². The predicted octanol–water partition coefficient (Wildman–Crippen LogP) is 1.60. The summed E-state index contributed by atoms with van der Waals surface area (Å²) in [6.45, 7) is 1.46. The Kier molecular flexibility index (Phi) is 3.75. The van der Waals surface area contributed by atoms with Gasteiger partial charge in [0.25, 0.3) is 0 Å². The lowest BCUT2D eigenvalue weighted by Gasteiger charge is -2.04. The number of aromatic nitrogens is 3. The lowest BCUT2D eigenvalue weighted by atomic mass is 10.2. The zero-order chi connectivity index (χ0) is 13.9. The lowest BCUT2D eigenvalue weighted by Crippen LogP contribution is -2.01. The number of fused-ring (bicyclic) bond motifs is 1. The molecule has 0 unspecified atom stereocenters. The van der Waals surface area contributed by atoms with E-state index in [0.29, 0.717) is 29.6 Å². The first-order valence-electron chi connectivity index (χ1n) is 6.43. The summed E-state index contributed by atoms with van der Waals surface area (Å²) in [5.74, 6) is 1.29. The Labute approximate surface area is 121 Å². The van der Waals surface area contributed by atoms with Crippen LogP contribution < -0.4 is 15.2 Å². The maximum Gasteiger partial charge on any atom is 0.231 e. The molecule has 2 aromatic rings. The first-order chi connectivity index (χ1) is 9.76. The molecule has 2 heterocycles. The minimum atomic E-state index is 0.213. The summed E-state index contributed by atoms with van der Waals surface area (Å²) in [4.78, 5) is 0. The van der Waals surface area contributed by atoms with Crippen LogP contribution in [0.3, 0.4) is 0 Å². The van der Waals surface area contributed by atoms with E-state index in [1.807, 2.05) is 18.3 Å². The normalized spacial score (nSPS) is 12.9. The molecule has 0 atom stereocenters. The van der Waals surface area contributed by atoms with Crippen LogP contribution in [-0.4, -0.2) is 28.3 Å². The maximum absolute atomic E-state index is 6.15. The van der Waals surface area contributed by atoms with Gasteiger partial charge in [0.1, 0.15) is 0 Å². The molecule has 0 bridgehead atoms. The van der Waals surface area contributed by atoms with Crippen LogP contribution in [-0.2, 0) is 13.0 Å². The highest BCUT2D eigenvalue weighted by Crippen LogP contribution is 2.39. The summed E-state index contributed by atoms with van der Waals surface area (Å²) in [5, 5.41) is 8.77. The van der Waals surface area contributed by atoms with Crippen molar-refractivity contribution in [3.8, 4) is 11.5 Å². The maximum atomic E-state index is 6.15. The first-order valence-corrected chi connectivity index (χ1v) is 6.81. The Hall–Kier alpha value is -1.79. The smallest absolute Gasteiger partial charge is 0.231 e. The van der Waals surface area contributed by atoms with Gasteiger partial charge < -0.3 is 15.2 Å². The van der Waals surface area contributed by atoms with Crippen LogP contribution in [0.25, 0.3) is 0 Å². The van der Waals surface area contributed by atoms with Crippen LogP contribution in [0, 0.1) is 0 Å². The van der Waals surface area contributed by atoms with Crippen molar-refractivity contribution in [3.63, 3.8) is 0 Å². The molecule has 0 fully saturated rings. The van der Waals surface area contributed by atoms with Crippen molar-refractivity contribution in [2.45, 2.75) is 19.4 Å². The van der Waals surface area contributed by atoms with Gasteiger partial charge in [0.2, 0.25) is 6.79 Å². The summed E-state index contributed by atoms with van der Waals surface area (Å²) >= 11 is 6.15. The van der Waals surface area contributed by atoms with Crippen LogP contribution in [0.15, 0.2) is 18.3 Å². The molecule has 20 heavy (non-hydrogen) atoms.